The molecule has 1 N–H and O–H groups in total. The number of nitrogens with zero attached hydrogens (tertiary/aromatic N) is 1. The molecular weight excluding hydrogens is 190 g/mol. The summed E-state index contributed by atoms with van der Waals surface area (Å²) in [6.07, 6.45) is 0. The Labute approximate surface area is 87.9 Å². The lowest BCUT2D eigenvalue weighted by Crippen LogP contribution is -1.95. The molecule has 78 valence electrons. The number of carboxylic acid groups (broad SMARTS) is 1. The van der Waals surface area contributed by atoms with Gasteiger partial charge in [-0.3, -0.25) is 0 Å². The maximum Gasteiger partial charge on any atom is 0.335 e. The Kier molecular flexibility index (Phi) is 2.03. The fourth-order valence-electron chi connectivity index (χ4n) is 1.89. The molecule has 3 heteroatoms. The van der Waals surface area contributed by atoms with Gasteiger partial charge in [-0.2, -0.15) is 0 Å². The van der Waals surface area contributed by atoms with Gasteiger partial charge >= 0.3 is 5.97 Å². The van der Waals surface area contributed by atoms with Crippen molar-refractivity contribution in [3.05, 3.63) is 35.0 Å². The number of aryl methyl sites for hydroxylation is 2. The second kappa shape index (κ2) is 3.12. The third-order valence-electron chi connectivity index (χ3n) is 3.05. The summed E-state index contributed by atoms with van der Waals surface area (Å²) >= 11 is 0. The highest BCUT2D eigenvalue weighted by molar-refractivity contribution is 5.95. The monoisotopic (exact) mass is 203 g/mol. The Morgan fingerprint density at radius 2 is 2.00 bits per heavy atom. The second-order valence-corrected chi connectivity index (χ2v) is 3.81. The highest BCUT2D eigenvalue weighted by atomic mass is 16.4. The largest absolute Gasteiger partial charge is 0.478 e. The van der Waals surface area contributed by atoms with Crippen LogP contribution in [0.3, 0.4) is 0 Å². The molecule has 0 aliphatic rings. The molecule has 0 radical (unpaired) electrons. The molecule has 1 heterocycles. The lowest BCUT2D eigenvalue weighted by molar-refractivity contribution is 0.0697. The van der Waals surface area contributed by atoms with Crippen molar-refractivity contribution in [2.45, 2.75) is 13.8 Å². The molecule has 15 heavy (non-hydrogen) atoms. The van der Waals surface area contributed by atoms with E-state index in [1.807, 2.05) is 27.0 Å². The molecule has 0 bridgehead atoms. The summed E-state index contributed by atoms with van der Waals surface area (Å²) in [5, 5.41) is 9.93. The van der Waals surface area contributed by atoms with E-state index in [4.69, 9.17) is 5.11 Å². The van der Waals surface area contributed by atoms with Gasteiger partial charge in [-0.1, -0.05) is 0 Å². The number of fused-ring (bicyclic) bond motifs is 1. The molecule has 3 nitrogen and oxygen atoms in total. The molecule has 0 amide bonds. The lowest BCUT2D eigenvalue weighted by Gasteiger charge is -1.98. The Balaban J connectivity index is 2.82. The van der Waals surface area contributed by atoms with E-state index < -0.39 is 5.97 Å². The van der Waals surface area contributed by atoms with Gasteiger partial charge in [0.2, 0.25) is 0 Å². The number of carboxylic acids is 1. The third kappa shape index (κ3) is 1.31. The molecule has 1 aromatic carbocycles. The van der Waals surface area contributed by atoms with Crippen molar-refractivity contribution < 1.29 is 9.90 Å². The molecular formula is C12H13NO2. The molecule has 0 saturated heterocycles. The zero-order valence-corrected chi connectivity index (χ0v) is 9.03. The van der Waals surface area contributed by atoms with Crippen LogP contribution in [0.1, 0.15) is 21.6 Å². The molecule has 0 aliphatic carbocycles. The summed E-state index contributed by atoms with van der Waals surface area (Å²) in [7, 11) is 1.99. The van der Waals surface area contributed by atoms with E-state index in [1.54, 1.807) is 12.1 Å². The van der Waals surface area contributed by atoms with Crippen molar-refractivity contribution in [2.24, 2.45) is 7.05 Å². The Hall–Kier alpha value is -1.77. The summed E-state index contributed by atoms with van der Waals surface area (Å²) < 4.78 is 2.08. The number of hydrogen-bond acceptors (Lipinski definition) is 1. The van der Waals surface area contributed by atoms with Crippen molar-refractivity contribution in [3.63, 3.8) is 0 Å². The van der Waals surface area contributed by atoms with Crippen LogP contribution in [-0.2, 0) is 7.05 Å². The lowest BCUT2D eigenvalue weighted by atomic mass is 10.1. The fraction of sp³-hybridized carbons (Fsp3) is 0.250. The van der Waals surface area contributed by atoms with Gasteiger partial charge in [-0.15, -0.1) is 0 Å². The average molecular weight is 203 g/mol. The second-order valence-electron chi connectivity index (χ2n) is 3.81. The van der Waals surface area contributed by atoms with Crippen LogP contribution in [0.4, 0.5) is 0 Å². The zero-order valence-electron chi connectivity index (χ0n) is 9.03. The highest BCUT2D eigenvalue weighted by Crippen LogP contribution is 2.24. The maximum absolute atomic E-state index is 10.8. The predicted octanol–water partition coefficient (Wildman–Crippen LogP) is 2.49. The number of rotatable bonds is 1. The van der Waals surface area contributed by atoms with E-state index in [0.717, 1.165) is 16.5 Å². The summed E-state index contributed by atoms with van der Waals surface area (Å²) in [5.41, 5.74) is 3.74. The summed E-state index contributed by atoms with van der Waals surface area (Å²) in [6.45, 7) is 4.05. The van der Waals surface area contributed by atoms with Gasteiger partial charge in [-0.05, 0) is 37.6 Å². The van der Waals surface area contributed by atoms with Crippen molar-refractivity contribution in [3.8, 4) is 0 Å². The predicted molar refractivity (Wildman–Crippen MR) is 59.4 cm³/mol. The average Bonchev–Trinajstić information content (AvgIpc) is 2.44. The standard InChI is InChI=1S/C12H13NO2/c1-7-8(2)13(3)11-5-4-9(12(14)15)6-10(7)11/h4-6H,1-3H3,(H,14,15). The SMILES string of the molecule is Cc1c(C)n(C)c2ccc(C(=O)O)cc12. The number of hydrogen-bond donors (Lipinski definition) is 1. The van der Waals surface area contributed by atoms with Gasteiger partial charge in [-0.25, -0.2) is 4.79 Å². The number of aromatic nitrogens is 1. The first kappa shape index (κ1) is 9.77. The molecule has 0 aliphatic heterocycles. The van der Waals surface area contributed by atoms with Crippen LogP contribution in [0.25, 0.3) is 10.9 Å². The van der Waals surface area contributed by atoms with E-state index in [0.29, 0.717) is 5.56 Å². The van der Waals surface area contributed by atoms with Gasteiger partial charge in [0.1, 0.15) is 0 Å². The molecule has 0 fully saturated rings. The summed E-state index contributed by atoms with van der Waals surface area (Å²) in [4.78, 5) is 10.8. The quantitative estimate of drug-likeness (QED) is 0.773. The Morgan fingerprint density at radius 1 is 1.33 bits per heavy atom. The van der Waals surface area contributed by atoms with Crippen molar-refractivity contribution in [1.29, 1.82) is 0 Å². The topological polar surface area (TPSA) is 42.2 Å². The van der Waals surface area contributed by atoms with Crippen LogP contribution < -0.4 is 0 Å². The molecule has 1 aromatic heterocycles. The Morgan fingerprint density at radius 3 is 2.60 bits per heavy atom. The van der Waals surface area contributed by atoms with Crippen LogP contribution in [-0.4, -0.2) is 15.6 Å². The first-order valence-electron chi connectivity index (χ1n) is 4.81. The third-order valence-corrected chi connectivity index (χ3v) is 3.05. The van der Waals surface area contributed by atoms with Crippen LogP contribution in [0, 0.1) is 13.8 Å². The van der Waals surface area contributed by atoms with Gasteiger partial charge in [0.05, 0.1) is 5.56 Å². The minimum Gasteiger partial charge on any atom is -0.478 e. The first-order chi connectivity index (χ1) is 7.02. The van der Waals surface area contributed by atoms with Crippen LogP contribution in [0.2, 0.25) is 0 Å². The first-order valence-corrected chi connectivity index (χ1v) is 4.81. The maximum atomic E-state index is 10.8. The normalized spacial score (nSPS) is 10.9. The van der Waals surface area contributed by atoms with Gasteiger partial charge in [0, 0.05) is 23.6 Å². The van der Waals surface area contributed by atoms with Crippen LogP contribution in [0.15, 0.2) is 18.2 Å². The number of carbonyl (C=O) groups is 1. The number of benzene rings is 1. The van der Waals surface area contributed by atoms with Gasteiger partial charge < -0.3 is 9.67 Å². The Bertz CT molecular complexity index is 552. The van der Waals surface area contributed by atoms with E-state index in [1.165, 1.54) is 5.69 Å². The van der Waals surface area contributed by atoms with Crippen molar-refractivity contribution in [1.82, 2.24) is 4.57 Å². The van der Waals surface area contributed by atoms with Crippen LogP contribution >= 0.6 is 0 Å². The molecule has 0 saturated carbocycles. The van der Waals surface area contributed by atoms with E-state index in [-0.39, 0.29) is 0 Å². The zero-order chi connectivity index (χ0) is 11.2. The highest BCUT2D eigenvalue weighted by Gasteiger charge is 2.10. The fourth-order valence-corrected chi connectivity index (χ4v) is 1.89. The minimum atomic E-state index is -0.877. The molecule has 0 spiro atoms. The van der Waals surface area contributed by atoms with E-state index in [9.17, 15) is 4.79 Å². The smallest absolute Gasteiger partial charge is 0.335 e. The van der Waals surface area contributed by atoms with Gasteiger partial charge in [0.15, 0.2) is 0 Å². The molecule has 0 atom stereocenters. The summed E-state index contributed by atoms with van der Waals surface area (Å²) in [5.74, 6) is -0.877. The van der Waals surface area contributed by atoms with Crippen molar-refractivity contribution >= 4 is 16.9 Å². The molecule has 0 unspecified atom stereocenters. The van der Waals surface area contributed by atoms with Crippen molar-refractivity contribution in [2.75, 3.05) is 0 Å². The molecule has 2 rings (SSSR count). The number of aromatic carboxylic acids is 1. The van der Waals surface area contributed by atoms with Crippen LogP contribution in [0.5, 0.6) is 0 Å². The van der Waals surface area contributed by atoms with E-state index >= 15 is 0 Å². The minimum absolute atomic E-state index is 0.344. The molecule has 2 aromatic rings. The van der Waals surface area contributed by atoms with E-state index in [2.05, 4.69) is 4.57 Å². The van der Waals surface area contributed by atoms with Gasteiger partial charge in [0.25, 0.3) is 0 Å². The summed E-state index contributed by atoms with van der Waals surface area (Å²) in [6, 6.07) is 5.24.